The summed E-state index contributed by atoms with van der Waals surface area (Å²) in [4.78, 5) is 12.0. The van der Waals surface area contributed by atoms with Crippen molar-refractivity contribution in [3.05, 3.63) is 57.6 Å². The first-order valence-electron chi connectivity index (χ1n) is 5.45. The highest BCUT2D eigenvalue weighted by molar-refractivity contribution is 6.36. The number of phenolic OH excluding ortho intramolecular Hbond substituents is 1. The molecule has 0 bridgehead atoms. The Labute approximate surface area is 120 Å². The normalized spacial score (nSPS) is 10.3. The van der Waals surface area contributed by atoms with Crippen LogP contribution in [0.2, 0.25) is 10.0 Å². The molecule has 1 N–H and O–H groups in total. The summed E-state index contributed by atoms with van der Waals surface area (Å²) >= 11 is 11.7. The summed E-state index contributed by atoms with van der Waals surface area (Å²) in [6.07, 6.45) is 0. The number of benzene rings is 2. The number of carbonyl (C=O) groups excluding carboxylic acids is 1. The van der Waals surface area contributed by atoms with Gasteiger partial charge in [-0.3, -0.25) is 0 Å². The molecule has 0 heterocycles. The summed E-state index contributed by atoms with van der Waals surface area (Å²) < 4.78 is 5.21. The van der Waals surface area contributed by atoms with E-state index in [0.29, 0.717) is 10.6 Å². The summed E-state index contributed by atoms with van der Waals surface area (Å²) in [5, 5.41) is 10.2. The Kier molecular flexibility index (Phi) is 3.98. The van der Waals surface area contributed by atoms with Crippen LogP contribution in [-0.4, -0.2) is 11.1 Å². The quantitative estimate of drug-likeness (QED) is 0.666. The number of rotatable bonds is 2. The summed E-state index contributed by atoms with van der Waals surface area (Å²) in [6.45, 7) is 1.65. The van der Waals surface area contributed by atoms with Crippen molar-refractivity contribution in [3.63, 3.8) is 0 Å². The molecule has 3 nitrogen and oxygen atoms in total. The van der Waals surface area contributed by atoms with E-state index in [1.54, 1.807) is 25.1 Å². The molecular weight excluding hydrogens is 287 g/mol. The highest BCUT2D eigenvalue weighted by Crippen LogP contribution is 2.28. The topological polar surface area (TPSA) is 46.5 Å². The summed E-state index contributed by atoms with van der Waals surface area (Å²) in [7, 11) is 0. The number of halogens is 2. The molecule has 0 aromatic heterocycles. The first-order valence-corrected chi connectivity index (χ1v) is 6.20. The summed E-state index contributed by atoms with van der Waals surface area (Å²) in [5.74, 6) is -0.251. The van der Waals surface area contributed by atoms with Gasteiger partial charge in [-0.2, -0.15) is 0 Å². The van der Waals surface area contributed by atoms with Crippen molar-refractivity contribution in [2.45, 2.75) is 6.92 Å². The van der Waals surface area contributed by atoms with E-state index in [4.69, 9.17) is 27.9 Å². The molecule has 0 amide bonds. The van der Waals surface area contributed by atoms with Crippen LogP contribution in [0.25, 0.3) is 0 Å². The van der Waals surface area contributed by atoms with Crippen LogP contribution in [0.15, 0.2) is 36.4 Å². The maximum atomic E-state index is 12.0. The maximum absolute atomic E-state index is 12.0. The van der Waals surface area contributed by atoms with E-state index in [1.807, 2.05) is 0 Å². The molecule has 5 heteroatoms. The molecule has 19 heavy (non-hydrogen) atoms. The van der Waals surface area contributed by atoms with Gasteiger partial charge in [0.05, 0.1) is 10.6 Å². The Bertz CT molecular complexity index is 639. The van der Waals surface area contributed by atoms with Gasteiger partial charge in [-0.15, -0.1) is 0 Å². The smallest absolute Gasteiger partial charge is 0.345 e. The second-order valence-corrected chi connectivity index (χ2v) is 4.76. The molecule has 2 aromatic carbocycles. The molecule has 2 rings (SSSR count). The molecule has 0 atom stereocenters. The lowest BCUT2D eigenvalue weighted by molar-refractivity contribution is 0.0733. The predicted molar refractivity (Wildman–Crippen MR) is 74.3 cm³/mol. The minimum Gasteiger partial charge on any atom is -0.508 e. The fourth-order valence-electron chi connectivity index (χ4n) is 1.52. The number of phenols is 1. The van der Waals surface area contributed by atoms with Gasteiger partial charge in [0.2, 0.25) is 0 Å². The van der Waals surface area contributed by atoms with Gasteiger partial charge in [0.25, 0.3) is 0 Å². The summed E-state index contributed by atoms with van der Waals surface area (Å²) in [5.41, 5.74) is 0.703. The lowest BCUT2D eigenvalue weighted by Crippen LogP contribution is -2.09. The highest BCUT2D eigenvalue weighted by Gasteiger charge is 2.15. The van der Waals surface area contributed by atoms with Crippen LogP contribution in [0.3, 0.4) is 0 Å². The lowest BCUT2D eigenvalue weighted by atomic mass is 10.2. The number of hydrogen-bond donors (Lipinski definition) is 1. The van der Waals surface area contributed by atoms with Gasteiger partial charge < -0.3 is 9.84 Å². The van der Waals surface area contributed by atoms with Gasteiger partial charge in [-0.25, -0.2) is 4.79 Å². The number of ether oxygens (including phenoxy) is 1. The van der Waals surface area contributed by atoms with Crippen LogP contribution in [0.5, 0.6) is 11.5 Å². The molecule has 0 fully saturated rings. The van der Waals surface area contributed by atoms with E-state index in [2.05, 4.69) is 0 Å². The van der Waals surface area contributed by atoms with Crippen LogP contribution in [-0.2, 0) is 0 Å². The standard InChI is InChI=1S/C14H10Cl2O3/c1-8-12(17)3-2-4-13(8)19-14(18)10-6-5-9(15)7-11(10)16/h2-7,17H,1H3. The van der Waals surface area contributed by atoms with Crippen molar-refractivity contribution in [2.24, 2.45) is 0 Å². The van der Waals surface area contributed by atoms with Crippen molar-refractivity contribution in [1.29, 1.82) is 0 Å². The molecule has 0 aliphatic heterocycles. The Hall–Kier alpha value is -1.71. The zero-order valence-electron chi connectivity index (χ0n) is 9.98. The number of aromatic hydroxyl groups is 1. The van der Waals surface area contributed by atoms with Crippen LogP contribution in [0, 0.1) is 6.92 Å². The van der Waals surface area contributed by atoms with Gasteiger partial charge in [0, 0.05) is 10.6 Å². The van der Waals surface area contributed by atoms with Crippen molar-refractivity contribution in [1.82, 2.24) is 0 Å². The Morgan fingerprint density at radius 3 is 2.63 bits per heavy atom. The van der Waals surface area contributed by atoms with E-state index in [0.717, 1.165) is 0 Å². The first-order chi connectivity index (χ1) is 8.99. The van der Waals surface area contributed by atoms with Crippen LogP contribution in [0.1, 0.15) is 15.9 Å². The molecule has 98 valence electrons. The molecule has 0 saturated carbocycles. The molecule has 0 radical (unpaired) electrons. The third-order valence-electron chi connectivity index (χ3n) is 2.61. The van der Waals surface area contributed by atoms with Gasteiger partial charge in [0.15, 0.2) is 0 Å². The Morgan fingerprint density at radius 1 is 1.21 bits per heavy atom. The Balaban J connectivity index is 2.28. The van der Waals surface area contributed by atoms with Gasteiger partial charge in [-0.05, 0) is 37.3 Å². The summed E-state index contributed by atoms with van der Waals surface area (Å²) in [6, 6.07) is 9.21. The molecule has 0 unspecified atom stereocenters. The third kappa shape index (κ3) is 3.00. The van der Waals surface area contributed by atoms with E-state index in [1.165, 1.54) is 18.2 Å². The monoisotopic (exact) mass is 296 g/mol. The van der Waals surface area contributed by atoms with Crippen molar-refractivity contribution < 1.29 is 14.6 Å². The van der Waals surface area contributed by atoms with Crippen LogP contribution < -0.4 is 4.74 Å². The highest BCUT2D eigenvalue weighted by atomic mass is 35.5. The zero-order valence-corrected chi connectivity index (χ0v) is 11.5. The first kappa shape index (κ1) is 13.7. The maximum Gasteiger partial charge on any atom is 0.345 e. The van der Waals surface area contributed by atoms with Crippen LogP contribution >= 0.6 is 23.2 Å². The molecule has 0 aliphatic carbocycles. The van der Waals surface area contributed by atoms with Crippen molar-refractivity contribution in [2.75, 3.05) is 0 Å². The second kappa shape index (κ2) is 5.51. The average molecular weight is 297 g/mol. The zero-order chi connectivity index (χ0) is 14.0. The lowest BCUT2D eigenvalue weighted by Gasteiger charge is -2.09. The second-order valence-electron chi connectivity index (χ2n) is 3.91. The van der Waals surface area contributed by atoms with Gasteiger partial charge in [-0.1, -0.05) is 29.3 Å². The third-order valence-corrected chi connectivity index (χ3v) is 3.16. The van der Waals surface area contributed by atoms with E-state index in [9.17, 15) is 9.90 Å². The number of hydrogen-bond acceptors (Lipinski definition) is 3. The molecule has 2 aromatic rings. The molecular formula is C14H10Cl2O3. The molecule has 0 spiro atoms. The van der Waals surface area contributed by atoms with Gasteiger partial charge in [0.1, 0.15) is 11.5 Å². The molecule has 0 aliphatic rings. The Morgan fingerprint density at radius 2 is 1.95 bits per heavy atom. The van der Waals surface area contributed by atoms with E-state index in [-0.39, 0.29) is 22.1 Å². The largest absolute Gasteiger partial charge is 0.508 e. The minimum absolute atomic E-state index is 0.0625. The number of esters is 1. The van der Waals surface area contributed by atoms with Crippen LogP contribution in [0.4, 0.5) is 0 Å². The predicted octanol–water partition coefficient (Wildman–Crippen LogP) is 4.23. The minimum atomic E-state index is -0.602. The fraction of sp³-hybridized carbons (Fsp3) is 0.0714. The van der Waals surface area contributed by atoms with E-state index >= 15 is 0 Å². The van der Waals surface area contributed by atoms with Gasteiger partial charge >= 0.3 is 5.97 Å². The average Bonchev–Trinajstić information content (AvgIpc) is 2.34. The fourth-order valence-corrected chi connectivity index (χ4v) is 2.01. The molecule has 0 saturated heterocycles. The van der Waals surface area contributed by atoms with Crippen molar-refractivity contribution >= 4 is 29.2 Å². The van der Waals surface area contributed by atoms with Crippen molar-refractivity contribution in [3.8, 4) is 11.5 Å². The van der Waals surface area contributed by atoms with E-state index < -0.39 is 5.97 Å². The SMILES string of the molecule is Cc1c(O)cccc1OC(=O)c1ccc(Cl)cc1Cl. The number of carbonyl (C=O) groups is 1.